The molecule has 0 atom stereocenters. The maximum atomic E-state index is 5.81. The molecule has 3 heteroatoms. The van der Waals surface area contributed by atoms with Gasteiger partial charge in [-0.05, 0) is 72.1 Å². The van der Waals surface area contributed by atoms with Gasteiger partial charge in [-0.15, -0.1) is 0 Å². The van der Waals surface area contributed by atoms with Gasteiger partial charge in [0.2, 0.25) is 0 Å². The lowest BCUT2D eigenvalue weighted by molar-refractivity contribution is -0.0149. The van der Waals surface area contributed by atoms with E-state index in [0.29, 0.717) is 6.61 Å². The molecule has 0 radical (unpaired) electrons. The van der Waals surface area contributed by atoms with Gasteiger partial charge in [0.1, 0.15) is 0 Å². The van der Waals surface area contributed by atoms with E-state index in [1.807, 2.05) is 0 Å². The van der Waals surface area contributed by atoms with Crippen LogP contribution in [-0.2, 0) is 22.6 Å². The first-order valence-corrected chi connectivity index (χ1v) is 10.2. The van der Waals surface area contributed by atoms with E-state index in [1.54, 1.807) is 0 Å². The van der Waals surface area contributed by atoms with Crippen molar-refractivity contribution in [3.63, 3.8) is 0 Å². The Kier molecular flexibility index (Phi) is 10.4. The number of hydrogen-bond donors (Lipinski definition) is 1. The molecule has 0 bridgehead atoms. The SMILES string of the molecule is CC(C)(C)OCCCCCCCNCc1ccc(COC(C)(C)C)cc1. The van der Waals surface area contributed by atoms with Crippen molar-refractivity contribution in [2.75, 3.05) is 13.2 Å². The summed E-state index contributed by atoms with van der Waals surface area (Å²) < 4.78 is 11.6. The van der Waals surface area contributed by atoms with Crippen molar-refractivity contribution in [2.24, 2.45) is 0 Å². The van der Waals surface area contributed by atoms with Crippen molar-refractivity contribution in [1.29, 1.82) is 0 Å². The van der Waals surface area contributed by atoms with Crippen LogP contribution in [0.3, 0.4) is 0 Å². The molecule has 0 amide bonds. The maximum absolute atomic E-state index is 5.81. The number of unbranched alkanes of at least 4 members (excludes halogenated alkanes) is 4. The van der Waals surface area contributed by atoms with Gasteiger partial charge in [-0.2, -0.15) is 0 Å². The average Bonchev–Trinajstić information content (AvgIpc) is 2.54. The molecule has 3 nitrogen and oxygen atoms in total. The van der Waals surface area contributed by atoms with Gasteiger partial charge in [-0.25, -0.2) is 0 Å². The van der Waals surface area contributed by atoms with Crippen molar-refractivity contribution < 1.29 is 9.47 Å². The predicted molar refractivity (Wildman–Crippen MR) is 111 cm³/mol. The summed E-state index contributed by atoms with van der Waals surface area (Å²) in [6.07, 6.45) is 6.30. The normalized spacial score (nSPS) is 12.5. The second-order valence-electron chi connectivity index (χ2n) is 9.12. The molecule has 0 saturated carbocycles. The lowest BCUT2D eigenvalue weighted by atomic mass is 10.1. The summed E-state index contributed by atoms with van der Waals surface area (Å²) in [4.78, 5) is 0. The van der Waals surface area contributed by atoms with Crippen LogP contribution >= 0.6 is 0 Å². The van der Waals surface area contributed by atoms with Crippen LogP contribution in [0.4, 0.5) is 0 Å². The fourth-order valence-electron chi connectivity index (χ4n) is 2.55. The highest BCUT2D eigenvalue weighted by Gasteiger charge is 2.10. The van der Waals surface area contributed by atoms with Gasteiger partial charge in [0, 0.05) is 13.2 Å². The molecule has 0 aliphatic rings. The van der Waals surface area contributed by atoms with Gasteiger partial charge in [-0.1, -0.05) is 43.5 Å². The van der Waals surface area contributed by atoms with E-state index < -0.39 is 0 Å². The number of ether oxygens (including phenoxy) is 2. The molecule has 1 rings (SSSR count). The zero-order chi connectivity index (χ0) is 19.5. The van der Waals surface area contributed by atoms with Gasteiger partial charge in [0.25, 0.3) is 0 Å². The molecule has 0 unspecified atom stereocenters. The van der Waals surface area contributed by atoms with Crippen molar-refractivity contribution in [2.45, 2.75) is 98.0 Å². The fourth-order valence-corrected chi connectivity index (χ4v) is 2.55. The Morgan fingerprint density at radius 1 is 0.692 bits per heavy atom. The van der Waals surface area contributed by atoms with Crippen LogP contribution in [-0.4, -0.2) is 24.4 Å². The Hall–Kier alpha value is -0.900. The molecule has 0 fully saturated rings. The van der Waals surface area contributed by atoms with E-state index in [-0.39, 0.29) is 11.2 Å². The van der Waals surface area contributed by atoms with E-state index in [2.05, 4.69) is 71.1 Å². The summed E-state index contributed by atoms with van der Waals surface area (Å²) in [5.41, 5.74) is 2.49. The molecule has 0 aromatic heterocycles. The third-order valence-electron chi connectivity index (χ3n) is 4.06. The highest BCUT2D eigenvalue weighted by Crippen LogP contribution is 2.13. The molecule has 0 saturated heterocycles. The molecule has 1 aromatic carbocycles. The Bertz CT molecular complexity index is 468. The van der Waals surface area contributed by atoms with Crippen LogP contribution in [0.25, 0.3) is 0 Å². The highest BCUT2D eigenvalue weighted by atomic mass is 16.5. The van der Waals surface area contributed by atoms with Crippen molar-refractivity contribution in [3.05, 3.63) is 35.4 Å². The molecule has 0 aliphatic heterocycles. The van der Waals surface area contributed by atoms with Gasteiger partial charge >= 0.3 is 0 Å². The third kappa shape index (κ3) is 13.3. The zero-order valence-electron chi connectivity index (χ0n) is 18.0. The smallest absolute Gasteiger partial charge is 0.0724 e. The first-order valence-electron chi connectivity index (χ1n) is 10.2. The molecular weight excluding hydrogens is 322 g/mol. The highest BCUT2D eigenvalue weighted by molar-refractivity contribution is 5.21. The summed E-state index contributed by atoms with van der Waals surface area (Å²) >= 11 is 0. The minimum absolute atomic E-state index is 0.00172. The van der Waals surface area contributed by atoms with Crippen molar-refractivity contribution in [1.82, 2.24) is 5.32 Å². The lowest BCUT2D eigenvalue weighted by Gasteiger charge is -2.19. The Balaban J connectivity index is 2.01. The van der Waals surface area contributed by atoms with Crippen molar-refractivity contribution >= 4 is 0 Å². The number of hydrogen-bond acceptors (Lipinski definition) is 3. The van der Waals surface area contributed by atoms with E-state index in [1.165, 1.54) is 43.2 Å². The van der Waals surface area contributed by atoms with Crippen LogP contribution in [0.5, 0.6) is 0 Å². The summed E-state index contributed by atoms with van der Waals surface area (Å²) in [5.74, 6) is 0. The summed E-state index contributed by atoms with van der Waals surface area (Å²) in [7, 11) is 0. The molecule has 150 valence electrons. The van der Waals surface area contributed by atoms with E-state index in [0.717, 1.165) is 19.7 Å². The quantitative estimate of drug-likeness (QED) is 0.472. The Labute approximate surface area is 161 Å². The largest absolute Gasteiger partial charge is 0.376 e. The van der Waals surface area contributed by atoms with E-state index in [4.69, 9.17) is 9.47 Å². The first-order chi connectivity index (χ1) is 12.2. The van der Waals surface area contributed by atoms with Gasteiger partial charge < -0.3 is 14.8 Å². The van der Waals surface area contributed by atoms with Gasteiger partial charge in [0.05, 0.1) is 17.8 Å². The number of rotatable bonds is 12. The van der Waals surface area contributed by atoms with Gasteiger partial charge in [0.15, 0.2) is 0 Å². The third-order valence-corrected chi connectivity index (χ3v) is 4.06. The minimum atomic E-state index is -0.0835. The minimum Gasteiger partial charge on any atom is -0.376 e. The van der Waals surface area contributed by atoms with Crippen molar-refractivity contribution in [3.8, 4) is 0 Å². The van der Waals surface area contributed by atoms with Crippen LogP contribution in [0.15, 0.2) is 24.3 Å². The predicted octanol–water partition coefficient (Wildman–Crippen LogP) is 5.86. The van der Waals surface area contributed by atoms with Crippen LogP contribution in [0.1, 0.15) is 84.8 Å². The molecule has 0 aliphatic carbocycles. The molecule has 1 N–H and O–H groups in total. The molecule has 0 spiro atoms. The van der Waals surface area contributed by atoms with E-state index >= 15 is 0 Å². The lowest BCUT2D eigenvalue weighted by Crippen LogP contribution is -2.19. The van der Waals surface area contributed by atoms with E-state index in [9.17, 15) is 0 Å². The first kappa shape index (κ1) is 23.1. The van der Waals surface area contributed by atoms with Crippen LogP contribution < -0.4 is 5.32 Å². The fraction of sp³-hybridized carbons (Fsp3) is 0.739. The molecule has 26 heavy (non-hydrogen) atoms. The van der Waals surface area contributed by atoms with Gasteiger partial charge in [-0.3, -0.25) is 0 Å². The monoisotopic (exact) mass is 363 g/mol. The molecule has 1 aromatic rings. The zero-order valence-corrected chi connectivity index (χ0v) is 18.0. The number of benzene rings is 1. The molecular formula is C23H41NO2. The summed E-state index contributed by atoms with van der Waals surface area (Å²) in [6.45, 7) is 16.2. The second kappa shape index (κ2) is 11.7. The Morgan fingerprint density at radius 3 is 1.85 bits per heavy atom. The maximum Gasteiger partial charge on any atom is 0.0724 e. The molecule has 0 heterocycles. The topological polar surface area (TPSA) is 30.5 Å². The summed E-state index contributed by atoms with van der Waals surface area (Å²) in [5, 5.41) is 3.54. The summed E-state index contributed by atoms with van der Waals surface area (Å²) in [6, 6.07) is 8.73. The van der Waals surface area contributed by atoms with Crippen LogP contribution in [0.2, 0.25) is 0 Å². The average molecular weight is 364 g/mol. The number of nitrogens with one attached hydrogen (secondary N) is 1. The van der Waals surface area contributed by atoms with Crippen LogP contribution in [0, 0.1) is 0 Å². The standard InChI is InChI=1S/C23H41NO2/c1-22(2,3)25-17-11-9-7-8-10-16-24-18-20-12-14-21(15-13-20)19-26-23(4,5)6/h12-15,24H,7-11,16-19H2,1-6H3. The Morgan fingerprint density at radius 2 is 1.23 bits per heavy atom. The second-order valence-corrected chi connectivity index (χ2v) is 9.12.